The van der Waals surface area contributed by atoms with Gasteiger partial charge in [0.05, 0.1) is 0 Å². The largest absolute Gasteiger partial charge is 0.300 e. The van der Waals surface area contributed by atoms with Gasteiger partial charge in [0, 0.05) is 36.5 Å². The molecule has 3 heteroatoms. The van der Waals surface area contributed by atoms with Crippen molar-refractivity contribution in [1.82, 2.24) is 0 Å². The standard InChI is InChI=1S/C15H20O3/c16-11-1-5-14(6-2-11)9-10-15(13(14)18)7-3-12(17)4-8-15/h1-10H2. The summed E-state index contributed by atoms with van der Waals surface area (Å²) in [4.78, 5) is 35.6. The summed E-state index contributed by atoms with van der Waals surface area (Å²) in [6.07, 6.45) is 7.30. The van der Waals surface area contributed by atoms with Crippen LogP contribution in [0.5, 0.6) is 0 Å². The van der Waals surface area contributed by atoms with E-state index in [1.54, 1.807) is 0 Å². The maximum Gasteiger partial charge on any atom is 0.145 e. The Morgan fingerprint density at radius 2 is 0.889 bits per heavy atom. The molecule has 0 aromatic heterocycles. The van der Waals surface area contributed by atoms with Crippen LogP contribution >= 0.6 is 0 Å². The van der Waals surface area contributed by atoms with Crippen molar-refractivity contribution in [1.29, 1.82) is 0 Å². The van der Waals surface area contributed by atoms with E-state index in [2.05, 4.69) is 0 Å². The molecule has 18 heavy (non-hydrogen) atoms. The summed E-state index contributed by atoms with van der Waals surface area (Å²) >= 11 is 0. The number of carbonyl (C=O) groups is 3. The predicted molar refractivity (Wildman–Crippen MR) is 66.1 cm³/mol. The van der Waals surface area contributed by atoms with Gasteiger partial charge in [-0.05, 0) is 38.5 Å². The molecular formula is C15H20O3. The summed E-state index contributed by atoms with van der Waals surface area (Å²) in [5.41, 5.74) is -0.400. The smallest absolute Gasteiger partial charge is 0.145 e. The van der Waals surface area contributed by atoms with Crippen molar-refractivity contribution in [2.24, 2.45) is 10.8 Å². The summed E-state index contributed by atoms with van der Waals surface area (Å²) in [6, 6.07) is 0. The first-order valence-corrected chi connectivity index (χ1v) is 7.15. The van der Waals surface area contributed by atoms with Crippen LogP contribution < -0.4 is 0 Å². The second kappa shape index (κ2) is 4.01. The first-order chi connectivity index (χ1) is 8.56. The Hall–Kier alpha value is -0.990. The highest BCUT2D eigenvalue weighted by Gasteiger charge is 2.57. The van der Waals surface area contributed by atoms with Gasteiger partial charge in [0.15, 0.2) is 0 Å². The van der Waals surface area contributed by atoms with E-state index in [-0.39, 0.29) is 10.8 Å². The quantitative estimate of drug-likeness (QED) is 0.662. The van der Waals surface area contributed by atoms with E-state index in [0.29, 0.717) is 43.0 Å². The second-order valence-electron chi connectivity index (χ2n) is 6.47. The number of rotatable bonds is 0. The van der Waals surface area contributed by atoms with E-state index in [1.807, 2.05) is 0 Å². The fraction of sp³-hybridized carbons (Fsp3) is 0.800. The molecule has 0 N–H and O–H groups in total. The first-order valence-electron chi connectivity index (χ1n) is 7.15. The summed E-state index contributed by atoms with van der Waals surface area (Å²) in [5, 5.41) is 0. The van der Waals surface area contributed by atoms with Gasteiger partial charge in [-0.25, -0.2) is 0 Å². The lowest BCUT2D eigenvalue weighted by molar-refractivity contribution is -0.139. The van der Waals surface area contributed by atoms with E-state index in [1.165, 1.54) is 0 Å². The minimum absolute atomic E-state index is 0.200. The molecule has 3 aliphatic rings. The van der Waals surface area contributed by atoms with Gasteiger partial charge < -0.3 is 0 Å². The normalized spacial score (nSPS) is 30.3. The van der Waals surface area contributed by atoms with E-state index >= 15 is 0 Å². The molecule has 0 bridgehead atoms. The molecular weight excluding hydrogens is 228 g/mol. The van der Waals surface area contributed by atoms with E-state index in [4.69, 9.17) is 0 Å². The van der Waals surface area contributed by atoms with Crippen molar-refractivity contribution in [3.63, 3.8) is 0 Å². The zero-order valence-electron chi connectivity index (χ0n) is 10.8. The SMILES string of the molecule is O=C1CCC2(CC1)CCC1(CCC(=O)CC1)C2=O. The van der Waals surface area contributed by atoms with Crippen LogP contribution in [0.1, 0.15) is 64.2 Å². The highest BCUT2D eigenvalue weighted by atomic mass is 16.1. The molecule has 0 radical (unpaired) electrons. The second-order valence-corrected chi connectivity index (χ2v) is 6.47. The Balaban J connectivity index is 1.80. The average molecular weight is 248 g/mol. The number of hydrogen-bond acceptors (Lipinski definition) is 3. The molecule has 0 heterocycles. The third-order valence-corrected chi connectivity index (χ3v) is 5.58. The third-order valence-electron chi connectivity index (χ3n) is 5.58. The Labute approximate surface area is 107 Å². The van der Waals surface area contributed by atoms with Crippen LogP contribution in [0.4, 0.5) is 0 Å². The molecule has 0 unspecified atom stereocenters. The molecule has 98 valence electrons. The number of carbonyl (C=O) groups excluding carboxylic acids is 3. The van der Waals surface area contributed by atoms with Gasteiger partial charge in [0.1, 0.15) is 17.3 Å². The minimum atomic E-state index is -0.200. The molecule has 0 aliphatic heterocycles. The van der Waals surface area contributed by atoms with Gasteiger partial charge >= 0.3 is 0 Å². The van der Waals surface area contributed by atoms with Crippen LogP contribution in [0.2, 0.25) is 0 Å². The maximum absolute atomic E-state index is 12.8. The third kappa shape index (κ3) is 1.67. The van der Waals surface area contributed by atoms with Gasteiger partial charge in [-0.15, -0.1) is 0 Å². The Bertz CT molecular complexity index is 363. The summed E-state index contributed by atoms with van der Waals surface area (Å²) in [6.45, 7) is 0. The topological polar surface area (TPSA) is 51.2 Å². The van der Waals surface area contributed by atoms with Crippen molar-refractivity contribution in [3.05, 3.63) is 0 Å². The lowest BCUT2D eigenvalue weighted by Gasteiger charge is -2.36. The number of ketones is 3. The lowest BCUT2D eigenvalue weighted by atomic mass is 9.65. The van der Waals surface area contributed by atoms with Gasteiger partial charge in [-0.3, -0.25) is 14.4 Å². The first kappa shape index (κ1) is 12.1. The molecule has 3 fully saturated rings. The molecule has 0 aromatic rings. The molecule has 0 saturated heterocycles. The molecule has 3 aliphatic carbocycles. The van der Waals surface area contributed by atoms with Crippen LogP contribution in [0, 0.1) is 10.8 Å². The highest BCUT2D eigenvalue weighted by molar-refractivity contribution is 5.96. The van der Waals surface area contributed by atoms with E-state index in [9.17, 15) is 14.4 Å². The minimum Gasteiger partial charge on any atom is -0.300 e. The molecule has 3 rings (SSSR count). The van der Waals surface area contributed by atoms with Gasteiger partial charge in [-0.2, -0.15) is 0 Å². The monoisotopic (exact) mass is 248 g/mol. The maximum atomic E-state index is 12.8. The van der Waals surface area contributed by atoms with Crippen LogP contribution in [0.3, 0.4) is 0 Å². The van der Waals surface area contributed by atoms with Crippen LogP contribution in [0.25, 0.3) is 0 Å². The summed E-state index contributed by atoms with van der Waals surface area (Å²) in [5.74, 6) is 1.02. The number of hydrogen-bond donors (Lipinski definition) is 0. The molecule has 2 spiro atoms. The molecule has 0 amide bonds. The summed E-state index contributed by atoms with van der Waals surface area (Å²) < 4.78 is 0. The fourth-order valence-corrected chi connectivity index (χ4v) is 4.24. The fourth-order valence-electron chi connectivity index (χ4n) is 4.24. The Kier molecular flexibility index (Phi) is 2.68. The van der Waals surface area contributed by atoms with Crippen LogP contribution in [0.15, 0.2) is 0 Å². The van der Waals surface area contributed by atoms with Gasteiger partial charge in [0.2, 0.25) is 0 Å². The zero-order valence-corrected chi connectivity index (χ0v) is 10.8. The highest BCUT2D eigenvalue weighted by Crippen LogP contribution is 2.57. The molecule has 0 aromatic carbocycles. The van der Waals surface area contributed by atoms with Gasteiger partial charge in [0.25, 0.3) is 0 Å². The molecule has 3 nitrogen and oxygen atoms in total. The van der Waals surface area contributed by atoms with Crippen molar-refractivity contribution in [2.75, 3.05) is 0 Å². The Morgan fingerprint density at radius 3 is 1.22 bits per heavy atom. The number of Topliss-reactive ketones (excluding diaryl/α,β-unsaturated/α-hetero) is 3. The zero-order chi connectivity index (χ0) is 12.8. The molecule has 0 atom stereocenters. The van der Waals surface area contributed by atoms with Crippen molar-refractivity contribution >= 4 is 17.3 Å². The van der Waals surface area contributed by atoms with Crippen LogP contribution in [-0.4, -0.2) is 17.3 Å². The van der Waals surface area contributed by atoms with E-state index < -0.39 is 0 Å². The van der Waals surface area contributed by atoms with E-state index in [0.717, 1.165) is 38.5 Å². The van der Waals surface area contributed by atoms with Crippen molar-refractivity contribution < 1.29 is 14.4 Å². The predicted octanol–water partition coefficient (Wildman–Crippen LogP) is 2.61. The van der Waals surface area contributed by atoms with Crippen LogP contribution in [-0.2, 0) is 14.4 Å². The summed E-state index contributed by atoms with van der Waals surface area (Å²) in [7, 11) is 0. The Morgan fingerprint density at radius 1 is 0.556 bits per heavy atom. The van der Waals surface area contributed by atoms with Gasteiger partial charge in [-0.1, -0.05) is 0 Å². The van der Waals surface area contributed by atoms with Crippen molar-refractivity contribution in [3.8, 4) is 0 Å². The van der Waals surface area contributed by atoms with Crippen molar-refractivity contribution in [2.45, 2.75) is 64.2 Å². The molecule has 3 saturated carbocycles. The average Bonchev–Trinajstić information content (AvgIpc) is 2.64. The lowest BCUT2D eigenvalue weighted by Crippen LogP contribution is -2.40.